The van der Waals surface area contributed by atoms with Crippen LogP contribution in [0.25, 0.3) is 0 Å². The summed E-state index contributed by atoms with van der Waals surface area (Å²) in [5, 5.41) is 3.35. The van der Waals surface area contributed by atoms with Gasteiger partial charge in [0, 0.05) is 25.6 Å². The van der Waals surface area contributed by atoms with Crippen molar-refractivity contribution in [1.82, 2.24) is 15.2 Å². The molecule has 2 saturated heterocycles. The van der Waals surface area contributed by atoms with Crippen LogP contribution in [0.4, 0.5) is 18.9 Å². The highest BCUT2D eigenvalue weighted by molar-refractivity contribution is 6.01. The van der Waals surface area contributed by atoms with Gasteiger partial charge in [-0.05, 0) is 44.8 Å². The first-order valence-corrected chi connectivity index (χ1v) is 8.32. The summed E-state index contributed by atoms with van der Waals surface area (Å²) in [6.45, 7) is 7.22. The summed E-state index contributed by atoms with van der Waals surface area (Å²) in [5.41, 5.74) is 1.08. The molecule has 1 N–H and O–H groups in total. The molecule has 2 fully saturated rings. The van der Waals surface area contributed by atoms with Crippen molar-refractivity contribution in [2.24, 2.45) is 15.4 Å². The average molecular weight is 353 g/mol. The van der Waals surface area contributed by atoms with Crippen LogP contribution in [0.2, 0.25) is 0 Å². The minimum Gasteiger partial charge on any atom is -0.354 e. The molecule has 1 spiro atoms. The Labute approximate surface area is 145 Å². The molecule has 8 heteroatoms. The fourth-order valence-corrected chi connectivity index (χ4v) is 3.67. The summed E-state index contributed by atoms with van der Waals surface area (Å²) >= 11 is 0. The number of hydrogen-bond donors (Lipinski definition) is 1. The van der Waals surface area contributed by atoms with E-state index in [1.807, 2.05) is 0 Å². The van der Waals surface area contributed by atoms with E-state index < -0.39 is 12.6 Å². The van der Waals surface area contributed by atoms with Crippen molar-refractivity contribution in [3.05, 3.63) is 23.5 Å². The van der Waals surface area contributed by atoms with Gasteiger partial charge in [0.05, 0.1) is 17.8 Å². The van der Waals surface area contributed by atoms with E-state index in [4.69, 9.17) is 0 Å². The number of piperidine rings is 1. The van der Waals surface area contributed by atoms with Gasteiger partial charge < -0.3 is 10.2 Å². The number of pyridine rings is 1. The summed E-state index contributed by atoms with van der Waals surface area (Å²) in [4.78, 5) is 14.5. The number of alkyl halides is 3. The largest absolute Gasteiger partial charge is 0.394 e. The molecule has 3 heterocycles. The van der Waals surface area contributed by atoms with Crippen LogP contribution >= 0.6 is 0 Å². The molecule has 136 valence electrons. The van der Waals surface area contributed by atoms with E-state index in [-0.39, 0.29) is 11.1 Å². The van der Waals surface area contributed by atoms with Crippen LogP contribution in [0.1, 0.15) is 24.2 Å². The topological polar surface area (TPSA) is 52.9 Å². The molecule has 1 aromatic heterocycles. The minimum atomic E-state index is -4.30. The number of aliphatic imine (C=N–C) groups is 2. The molecule has 2 aliphatic rings. The second kappa shape index (κ2) is 6.74. The molecule has 0 aliphatic carbocycles. The standard InChI is InChI=1S/C17H22F3N5/c1-21-13-4-3-12(9-17(18,19)20)24-14(13)15(22-2)25-10-16(11-25)5-7-23-8-6-16/h3-4,23H,1,5-11H2,2H3/b22-15+. The predicted octanol–water partition coefficient (Wildman–Crippen LogP) is 2.58. The second-order valence-corrected chi connectivity index (χ2v) is 6.77. The Morgan fingerprint density at radius 2 is 2.00 bits per heavy atom. The van der Waals surface area contributed by atoms with Crippen molar-refractivity contribution in [1.29, 1.82) is 0 Å². The number of likely N-dealkylation sites (tertiary alicyclic amines) is 1. The van der Waals surface area contributed by atoms with E-state index in [1.54, 1.807) is 7.05 Å². The van der Waals surface area contributed by atoms with Crippen LogP contribution in [-0.2, 0) is 6.42 Å². The molecule has 25 heavy (non-hydrogen) atoms. The van der Waals surface area contributed by atoms with Gasteiger partial charge in [-0.2, -0.15) is 13.2 Å². The van der Waals surface area contributed by atoms with Gasteiger partial charge in [0.15, 0.2) is 5.84 Å². The number of rotatable bonds is 3. The highest BCUT2D eigenvalue weighted by Gasteiger charge is 2.45. The first-order chi connectivity index (χ1) is 11.9. The maximum Gasteiger partial charge on any atom is 0.394 e. The Kier molecular flexibility index (Phi) is 4.81. The zero-order valence-electron chi connectivity index (χ0n) is 14.2. The zero-order valence-corrected chi connectivity index (χ0v) is 14.2. The number of nitrogens with one attached hydrogen (secondary N) is 1. The highest BCUT2D eigenvalue weighted by Crippen LogP contribution is 2.40. The Balaban J connectivity index is 1.83. The van der Waals surface area contributed by atoms with Gasteiger partial charge in [-0.15, -0.1) is 0 Å². The molecule has 0 saturated carbocycles. The quantitative estimate of drug-likeness (QED) is 0.671. The highest BCUT2D eigenvalue weighted by atomic mass is 19.4. The minimum absolute atomic E-state index is 0.0341. The molecule has 0 atom stereocenters. The van der Waals surface area contributed by atoms with E-state index >= 15 is 0 Å². The second-order valence-electron chi connectivity index (χ2n) is 6.77. The molecule has 2 aliphatic heterocycles. The van der Waals surface area contributed by atoms with Crippen LogP contribution in [0, 0.1) is 5.41 Å². The van der Waals surface area contributed by atoms with Crippen LogP contribution < -0.4 is 5.32 Å². The lowest BCUT2D eigenvalue weighted by atomic mass is 9.72. The predicted molar refractivity (Wildman–Crippen MR) is 91.8 cm³/mol. The maximum atomic E-state index is 12.7. The Hall–Kier alpha value is -1.96. The van der Waals surface area contributed by atoms with E-state index in [0.29, 0.717) is 17.2 Å². The Morgan fingerprint density at radius 1 is 1.32 bits per heavy atom. The number of aromatic nitrogens is 1. The van der Waals surface area contributed by atoms with Gasteiger partial charge in [0.25, 0.3) is 0 Å². The summed E-state index contributed by atoms with van der Waals surface area (Å²) in [6, 6.07) is 2.88. The molecule has 1 aromatic rings. The van der Waals surface area contributed by atoms with Crippen molar-refractivity contribution in [2.75, 3.05) is 33.2 Å². The van der Waals surface area contributed by atoms with Crippen molar-refractivity contribution in [3.63, 3.8) is 0 Å². The average Bonchev–Trinajstić information content (AvgIpc) is 2.54. The Bertz CT molecular complexity index is 669. The smallest absolute Gasteiger partial charge is 0.354 e. The molecular formula is C17H22F3N5. The molecule has 0 aromatic carbocycles. The lowest BCUT2D eigenvalue weighted by Gasteiger charge is -2.53. The normalized spacial score (nSPS) is 20.5. The molecule has 3 rings (SSSR count). The van der Waals surface area contributed by atoms with Gasteiger partial charge >= 0.3 is 6.18 Å². The maximum absolute atomic E-state index is 12.7. The van der Waals surface area contributed by atoms with Crippen LogP contribution in [0.3, 0.4) is 0 Å². The molecule has 0 unspecified atom stereocenters. The lowest BCUT2D eigenvalue weighted by Crippen LogP contribution is -2.61. The van der Waals surface area contributed by atoms with E-state index in [9.17, 15) is 13.2 Å². The van der Waals surface area contributed by atoms with Gasteiger partial charge in [-0.3, -0.25) is 9.98 Å². The van der Waals surface area contributed by atoms with Gasteiger partial charge in [-0.1, -0.05) is 0 Å². The van der Waals surface area contributed by atoms with E-state index in [0.717, 1.165) is 39.0 Å². The molecule has 0 bridgehead atoms. The molecule has 5 nitrogen and oxygen atoms in total. The molecule has 0 amide bonds. The van der Waals surface area contributed by atoms with E-state index in [1.165, 1.54) is 12.1 Å². The van der Waals surface area contributed by atoms with Crippen LogP contribution in [-0.4, -0.2) is 61.8 Å². The number of hydrogen-bond acceptors (Lipinski definition) is 4. The molecule has 0 radical (unpaired) electrons. The third-order valence-electron chi connectivity index (χ3n) is 4.92. The Morgan fingerprint density at radius 3 is 2.56 bits per heavy atom. The van der Waals surface area contributed by atoms with Crippen molar-refractivity contribution < 1.29 is 13.2 Å². The third kappa shape index (κ3) is 3.84. The fraction of sp³-hybridized carbons (Fsp3) is 0.588. The zero-order chi connectivity index (χ0) is 18.1. The third-order valence-corrected chi connectivity index (χ3v) is 4.92. The number of nitrogens with zero attached hydrogens (tertiary/aromatic N) is 4. The first kappa shape index (κ1) is 17.8. The first-order valence-electron chi connectivity index (χ1n) is 8.32. The van der Waals surface area contributed by atoms with E-state index in [2.05, 4.69) is 31.9 Å². The van der Waals surface area contributed by atoms with Crippen molar-refractivity contribution in [2.45, 2.75) is 25.4 Å². The van der Waals surface area contributed by atoms with Crippen LogP contribution in [0.15, 0.2) is 22.1 Å². The summed E-state index contributed by atoms with van der Waals surface area (Å²) in [5.74, 6) is 0.593. The summed E-state index contributed by atoms with van der Waals surface area (Å²) in [7, 11) is 1.63. The van der Waals surface area contributed by atoms with Gasteiger partial charge in [0.1, 0.15) is 5.69 Å². The number of amidine groups is 1. The number of halogens is 3. The fourth-order valence-electron chi connectivity index (χ4n) is 3.67. The monoisotopic (exact) mass is 353 g/mol. The van der Waals surface area contributed by atoms with Crippen molar-refractivity contribution >= 4 is 18.2 Å². The summed E-state index contributed by atoms with van der Waals surface area (Å²) < 4.78 is 38.1. The SMILES string of the molecule is C=Nc1ccc(CC(F)(F)F)nc1/C(=N\C)N1CC2(CCNCC2)C1. The molecular weight excluding hydrogens is 331 g/mol. The van der Waals surface area contributed by atoms with Gasteiger partial charge in [-0.25, -0.2) is 4.98 Å². The lowest BCUT2D eigenvalue weighted by molar-refractivity contribution is -0.127. The van der Waals surface area contributed by atoms with Gasteiger partial charge in [0.2, 0.25) is 0 Å². The van der Waals surface area contributed by atoms with Crippen LogP contribution in [0.5, 0.6) is 0 Å². The summed E-state index contributed by atoms with van der Waals surface area (Å²) in [6.07, 6.45) is -3.15. The van der Waals surface area contributed by atoms with Crippen molar-refractivity contribution in [3.8, 4) is 0 Å².